The molecule has 6 heteroatoms. The summed E-state index contributed by atoms with van der Waals surface area (Å²) in [5, 5.41) is 16.0. The lowest BCUT2D eigenvalue weighted by atomic mass is 10.2. The highest BCUT2D eigenvalue weighted by Gasteiger charge is 2.07. The van der Waals surface area contributed by atoms with Gasteiger partial charge < -0.3 is 15.8 Å². The molecular formula is C14H19N5O. The fraction of sp³-hybridized carbons (Fsp3) is 0.286. The number of nitrogens with two attached hydrogens (primary N) is 1. The molecule has 0 fully saturated rings. The molecule has 0 atom stereocenters. The molecule has 106 valence electrons. The standard InChI is InChI=1S/C14H19N5O/c1-10-8-13(19(3)16-10)9-18(2)12-6-4-11(5-7-12)14(15)17-20/h4-8,20H,9H2,1-3H3,(H2,15,17). The van der Waals surface area contributed by atoms with Crippen LogP contribution in [0.2, 0.25) is 0 Å². The number of hydrogen-bond acceptors (Lipinski definition) is 4. The number of aryl methyl sites for hydroxylation is 2. The highest BCUT2D eigenvalue weighted by Crippen LogP contribution is 2.16. The third kappa shape index (κ3) is 2.90. The summed E-state index contributed by atoms with van der Waals surface area (Å²) in [6, 6.07) is 9.61. The van der Waals surface area contributed by atoms with Crippen LogP contribution in [-0.2, 0) is 13.6 Å². The summed E-state index contributed by atoms with van der Waals surface area (Å²) >= 11 is 0. The van der Waals surface area contributed by atoms with E-state index in [0.717, 1.165) is 23.6 Å². The third-order valence-electron chi connectivity index (χ3n) is 3.21. The van der Waals surface area contributed by atoms with Crippen LogP contribution in [0.25, 0.3) is 0 Å². The minimum atomic E-state index is 0.112. The average molecular weight is 273 g/mol. The molecular weight excluding hydrogens is 254 g/mol. The molecule has 0 amide bonds. The number of rotatable bonds is 4. The first-order chi connectivity index (χ1) is 9.51. The SMILES string of the molecule is Cc1cc(CN(C)c2ccc(C(N)=NO)cc2)n(C)n1. The number of anilines is 1. The molecule has 0 aliphatic heterocycles. The number of hydrogen-bond donors (Lipinski definition) is 2. The Morgan fingerprint density at radius 1 is 1.40 bits per heavy atom. The zero-order chi connectivity index (χ0) is 14.7. The van der Waals surface area contributed by atoms with E-state index in [4.69, 9.17) is 10.9 Å². The normalized spacial score (nSPS) is 11.7. The molecule has 0 saturated heterocycles. The van der Waals surface area contributed by atoms with Gasteiger partial charge in [0.05, 0.1) is 17.9 Å². The van der Waals surface area contributed by atoms with E-state index in [0.29, 0.717) is 5.56 Å². The van der Waals surface area contributed by atoms with Gasteiger partial charge in [-0.25, -0.2) is 0 Å². The van der Waals surface area contributed by atoms with Gasteiger partial charge >= 0.3 is 0 Å². The van der Waals surface area contributed by atoms with E-state index in [9.17, 15) is 0 Å². The number of aromatic nitrogens is 2. The summed E-state index contributed by atoms with van der Waals surface area (Å²) < 4.78 is 1.89. The van der Waals surface area contributed by atoms with Gasteiger partial charge in [0, 0.05) is 25.3 Å². The topological polar surface area (TPSA) is 79.7 Å². The van der Waals surface area contributed by atoms with Gasteiger partial charge in [0.25, 0.3) is 0 Å². The quantitative estimate of drug-likeness (QED) is 0.382. The van der Waals surface area contributed by atoms with Crippen LogP contribution in [0.4, 0.5) is 5.69 Å². The van der Waals surface area contributed by atoms with Crippen molar-refractivity contribution in [2.45, 2.75) is 13.5 Å². The van der Waals surface area contributed by atoms with Crippen LogP contribution >= 0.6 is 0 Å². The molecule has 0 aliphatic rings. The van der Waals surface area contributed by atoms with Crippen molar-refractivity contribution in [3.63, 3.8) is 0 Å². The van der Waals surface area contributed by atoms with Gasteiger partial charge in [-0.3, -0.25) is 4.68 Å². The first-order valence-corrected chi connectivity index (χ1v) is 6.30. The number of benzene rings is 1. The Bertz CT molecular complexity index is 615. The highest BCUT2D eigenvalue weighted by molar-refractivity contribution is 5.97. The van der Waals surface area contributed by atoms with Gasteiger partial charge in [-0.2, -0.15) is 5.10 Å². The Hall–Kier alpha value is -2.50. The molecule has 0 aliphatic carbocycles. The predicted molar refractivity (Wildman–Crippen MR) is 79.0 cm³/mol. The lowest BCUT2D eigenvalue weighted by Gasteiger charge is -2.19. The van der Waals surface area contributed by atoms with Crippen LogP contribution in [0.15, 0.2) is 35.5 Å². The Labute approximate surface area is 118 Å². The molecule has 0 unspecified atom stereocenters. The van der Waals surface area contributed by atoms with E-state index in [2.05, 4.69) is 21.2 Å². The molecule has 2 rings (SSSR count). The van der Waals surface area contributed by atoms with Crippen LogP contribution in [-0.4, -0.2) is 27.9 Å². The van der Waals surface area contributed by atoms with Crippen molar-refractivity contribution < 1.29 is 5.21 Å². The number of nitrogens with zero attached hydrogens (tertiary/aromatic N) is 4. The zero-order valence-electron chi connectivity index (χ0n) is 11.9. The lowest BCUT2D eigenvalue weighted by Crippen LogP contribution is -2.19. The van der Waals surface area contributed by atoms with Gasteiger partial charge in [0.15, 0.2) is 5.84 Å². The third-order valence-corrected chi connectivity index (χ3v) is 3.21. The maximum absolute atomic E-state index is 8.64. The number of amidine groups is 1. The molecule has 0 saturated carbocycles. The summed E-state index contributed by atoms with van der Waals surface area (Å²) in [4.78, 5) is 2.12. The fourth-order valence-electron chi connectivity index (χ4n) is 2.09. The monoisotopic (exact) mass is 273 g/mol. The second-order valence-corrected chi connectivity index (χ2v) is 4.79. The van der Waals surface area contributed by atoms with Crippen LogP contribution in [0.1, 0.15) is 17.0 Å². The van der Waals surface area contributed by atoms with Crippen molar-refractivity contribution in [1.29, 1.82) is 0 Å². The molecule has 2 aromatic rings. The molecule has 0 spiro atoms. The molecule has 0 radical (unpaired) electrons. The van der Waals surface area contributed by atoms with Crippen molar-refractivity contribution in [3.8, 4) is 0 Å². The van der Waals surface area contributed by atoms with Gasteiger partial charge in [-0.05, 0) is 37.3 Å². The number of oxime groups is 1. The maximum atomic E-state index is 8.64. The van der Waals surface area contributed by atoms with Crippen LogP contribution < -0.4 is 10.6 Å². The Balaban J connectivity index is 2.13. The largest absolute Gasteiger partial charge is 0.409 e. The van der Waals surface area contributed by atoms with E-state index in [1.54, 1.807) is 0 Å². The van der Waals surface area contributed by atoms with Crippen molar-refractivity contribution in [1.82, 2.24) is 9.78 Å². The van der Waals surface area contributed by atoms with Crippen molar-refractivity contribution in [3.05, 3.63) is 47.3 Å². The van der Waals surface area contributed by atoms with E-state index in [1.165, 1.54) is 0 Å². The molecule has 3 N–H and O–H groups in total. The van der Waals surface area contributed by atoms with Crippen molar-refractivity contribution >= 4 is 11.5 Å². The zero-order valence-corrected chi connectivity index (χ0v) is 11.9. The molecule has 0 bridgehead atoms. The Morgan fingerprint density at radius 3 is 2.55 bits per heavy atom. The van der Waals surface area contributed by atoms with E-state index in [-0.39, 0.29) is 5.84 Å². The Morgan fingerprint density at radius 2 is 2.05 bits per heavy atom. The smallest absolute Gasteiger partial charge is 0.170 e. The minimum Gasteiger partial charge on any atom is -0.409 e. The second kappa shape index (κ2) is 5.64. The minimum absolute atomic E-state index is 0.112. The van der Waals surface area contributed by atoms with E-state index < -0.39 is 0 Å². The van der Waals surface area contributed by atoms with Crippen LogP contribution in [0, 0.1) is 6.92 Å². The summed E-state index contributed by atoms with van der Waals surface area (Å²) in [6.07, 6.45) is 0. The van der Waals surface area contributed by atoms with Crippen molar-refractivity contribution in [2.24, 2.45) is 17.9 Å². The van der Waals surface area contributed by atoms with Gasteiger partial charge in [-0.15, -0.1) is 0 Å². The maximum Gasteiger partial charge on any atom is 0.170 e. The summed E-state index contributed by atoms with van der Waals surface area (Å²) in [6.45, 7) is 2.75. The van der Waals surface area contributed by atoms with Gasteiger partial charge in [0.2, 0.25) is 0 Å². The predicted octanol–water partition coefficient (Wildman–Crippen LogP) is 1.46. The fourth-order valence-corrected chi connectivity index (χ4v) is 2.09. The van der Waals surface area contributed by atoms with Crippen molar-refractivity contribution in [2.75, 3.05) is 11.9 Å². The molecule has 1 aromatic carbocycles. The molecule has 1 heterocycles. The molecule has 1 aromatic heterocycles. The highest BCUT2D eigenvalue weighted by atomic mass is 16.4. The first kappa shape index (κ1) is 13.9. The summed E-state index contributed by atoms with van der Waals surface area (Å²) in [7, 11) is 3.96. The summed E-state index contributed by atoms with van der Waals surface area (Å²) in [5.74, 6) is 0.112. The molecule has 6 nitrogen and oxygen atoms in total. The van der Waals surface area contributed by atoms with Crippen LogP contribution in [0.5, 0.6) is 0 Å². The average Bonchev–Trinajstić information content (AvgIpc) is 2.76. The van der Waals surface area contributed by atoms with Crippen LogP contribution in [0.3, 0.4) is 0 Å². The lowest BCUT2D eigenvalue weighted by molar-refractivity contribution is 0.318. The summed E-state index contributed by atoms with van der Waals surface area (Å²) in [5.41, 5.74) is 9.45. The second-order valence-electron chi connectivity index (χ2n) is 4.79. The Kier molecular flexibility index (Phi) is 3.93. The van der Waals surface area contributed by atoms with Gasteiger partial charge in [-0.1, -0.05) is 5.16 Å². The first-order valence-electron chi connectivity index (χ1n) is 6.30. The van der Waals surface area contributed by atoms with E-state index in [1.807, 2.05) is 50.0 Å². The van der Waals surface area contributed by atoms with E-state index >= 15 is 0 Å². The van der Waals surface area contributed by atoms with Gasteiger partial charge in [0.1, 0.15) is 0 Å². The molecule has 20 heavy (non-hydrogen) atoms.